The van der Waals surface area contributed by atoms with Gasteiger partial charge in [-0.15, -0.1) is 0 Å². The topological polar surface area (TPSA) is 61.4 Å². The molecule has 4 saturated carbocycles. The Morgan fingerprint density at radius 2 is 1.76 bits per heavy atom. The van der Waals surface area contributed by atoms with Crippen LogP contribution in [0, 0.1) is 23.7 Å². The van der Waals surface area contributed by atoms with Crippen molar-refractivity contribution in [2.24, 2.45) is 23.7 Å². The predicted octanol–water partition coefficient (Wildman–Crippen LogP) is 0.939. The molecular formula is C15H27N3O2S. The van der Waals surface area contributed by atoms with Gasteiger partial charge >= 0.3 is 0 Å². The van der Waals surface area contributed by atoms with Crippen molar-refractivity contribution >= 4 is 10.2 Å². The molecule has 4 rings (SSSR count). The Hall–Kier alpha value is -0.170. The van der Waals surface area contributed by atoms with E-state index in [9.17, 15) is 8.42 Å². The number of nitrogens with zero attached hydrogens (tertiary/aromatic N) is 1. The number of fused-ring (bicyclic) bond motifs is 5. The van der Waals surface area contributed by atoms with Crippen molar-refractivity contribution < 1.29 is 8.42 Å². The first kappa shape index (κ1) is 14.4. The lowest BCUT2D eigenvalue weighted by Crippen LogP contribution is -2.42. The number of nitrogens with one attached hydrogen (secondary N) is 2. The second-order valence-corrected chi connectivity index (χ2v) is 9.35. The van der Waals surface area contributed by atoms with Crippen LogP contribution in [0.15, 0.2) is 0 Å². The zero-order chi connectivity index (χ0) is 14.6. The summed E-state index contributed by atoms with van der Waals surface area (Å²) in [5, 5.41) is 3.43. The number of hydrogen-bond acceptors (Lipinski definition) is 3. The molecule has 0 aliphatic heterocycles. The van der Waals surface area contributed by atoms with Gasteiger partial charge < -0.3 is 5.32 Å². The van der Waals surface area contributed by atoms with E-state index >= 15 is 0 Å². The number of rotatable bonds is 8. The van der Waals surface area contributed by atoms with E-state index in [2.05, 4.69) is 10.0 Å². The van der Waals surface area contributed by atoms with Crippen molar-refractivity contribution in [3.63, 3.8) is 0 Å². The summed E-state index contributed by atoms with van der Waals surface area (Å²) >= 11 is 0. The second-order valence-electron chi connectivity index (χ2n) is 7.54. The summed E-state index contributed by atoms with van der Waals surface area (Å²) < 4.78 is 29.2. The summed E-state index contributed by atoms with van der Waals surface area (Å²) in [5.41, 5.74) is 0. The Bertz CT molecular complexity index is 489. The van der Waals surface area contributed by atoms with Crippen molar-refractivity contribution in [1.29, 1.82) is 0 Å². The lowest BCUT2D eigenvalue weighted by Gasteiger charge is -2.19. The first-order valence-corrected chi connectivity index (χ1v) is 9.97. The zero-order valence-corrected chi connectivity index (χ0v) is 13.6. The predicted molar refractivity (Wildman–Crippen MR) is 81.9 cm³/mol. The van der Waals surface area contributed by atoms with Gasteiger partial charge in [-0.25, -0.2) is 0 Å². The van der Waals surface area contributed by atoms with E-state index in [1.807, 2.05) is 0 Å². The largest absolute Gasteiger partial charge is 0.314 e. The van der Waals surface area contributed by atoms with E-state index in [4.69, 9.17) is 0 Å². The van der Waals surface area contributed by atoms with Crippen molar-refractivity contribution in [3.05, 3.63) is 0 Å². The van der Waals surface area contributed by atoms with Crippen LogP contribution in [0.25, 0.3) is 0 Å². The fraction of sp³-hybridized carbons (Fsp3) is 1.00. The third-order valence-corrected chi connectivity index (χ3v) is 7.66. The molecule has 4 atom stereocenters. The number of hydrogen-bond donors (Lipinski definition) is 2. The Labute approximate surface area is 128 Å². The van der Waals surface area contributed by atoms with Gasteiger partial charge in [-0.2, -0.15) is 17.4 Å². The standard InChI is InChI=1S/C15H27N3O2S/c1-18(8-2-7-16-12-5-6-12)21(19,20)17-15-13-10-3-4-11(9-10)14(13)15/h10-17H,2-9H2,1H3. The zero-order valence-electron chi connectivity index (χ0n) is 12.8. The van der Waals surface area contributed by atoms with Crippen LogP contribution in [-0.2, 0) is 10.2 Å². The summed E-state index contributed by atoms with van der Waals surface area (Å²) in [6.45, 7) is 1.52. The first-order chi connectivity index (χ1) is 10.1. The molecule has 120 valence electrons. The molecule has 4 aliphatic rings. The van der Waals surface area contributed by atoms with Gasteiger partial charge in [0.1, 0.15) is 0 Å². The fourth-order valence-electron chi connectivity index (χ4n) is 4.76. The first-order valence-electron chi connectivity index (χ1n) is 8.53. The molecule has 0 radical (unpaired) electrons. The highest BCUT2D eigenvalue weighted by molar-refractivity contribution is 7.87. The van der Waals surface area contributed by atoms with E-state index in [1.54, 1.807) is 7.05 Å². The van der Waals surface area contributed by atoms with E-state index in [0.717, 1.165) is 24.8 Å². The highest BCUT2D eigenvalue weighted by Crippen LogP contribution is 2.65. The maximum Gasteiger partial charge on any atom is 0.279 e. The average molecular weight is 313 g/mol. The Balaban J connectivity index is 1.24. The highest BCUT2D eigenvalue weighted by atomic mass is 32.2. The molecule has 0 saturated heterocycles. The summed E-state index contributed by atoms with van der Waals surface area (Å²) in [6.07, 6.45) is 7.46. The molecule has 0 aromatic rings. The molecule has 4 aliphatic carbocycles. The van der Waals surface area contributed by atoms with Gasteiger partial charge in [-0.05, 0) is 68.7 Å². The molecule has 0 heterocycles. The maximum atomic E-state index is 12.4. The van der Waals surface area contributed by atoms with Gasteiger partial charge in [-0.3, -0.25) is 0 Å². The molecule has 4 unspecified atom stereocenters. The Morgan fingerprint density at radius 1 is 1.10 bits per heavy atom. The summed E-state index contributed by atoms with van der Waals surface area (Å²) in [6, 6.07) is 0.944. The van der Waals surface area contributed by atoms with E-state index in [0.29, 0.717) is 24.4 Å². The van der Waals surface area contributed by atoms with Crippen LogP contribution >= 0.6 is 0 Å². The third kappa shape index (κ3) is 2.76. The van der Waals surface area contributed by atoms with Crippen LogP contribution in [-0.4, -0.2) is 44.9 Å². The van der Waals surface area contributed by atoms with Gasteiger partial charge in [0.05, 0.1) is 0 Å². The molecule has 21 heavy (non-hydrogen) atoms. The van der Waals surface area contributed by atoms with Crippen molar-refractivity contribution in [3.8, 4) is 0 Å². The Morgan fingerprint density at radius 3 is 2.38 bits per heavy atom. The van der Waals surface area contributed by atoms with Crippen LogP contribution in [0.1, 0.15) is 38.5 Å². The fourth-order valence-corrected chi connectivity index (χ4v) is 5.97. The molecule has 6 heteroatoms. The minimum absolute atomic E-state index is 0.244. The summed E-state index contributed by atoms with van der Waals surface area (Å²) in [5.74, 6) is 2.92. The summed E-state index contributed by atoms with van der Waals surface area (Å²) in [4.78, 5) is 0. The molecule has 5 nitrogen and oxygen atoms in total. The maximum absolute atomic E-state index is 12.4. The minimum Gasteiger partial charge on any atom is -0.314 e. The van der Waals surface area contributed by atoms with Gasteiger partial charge in [0.25, 0.3) is 10.2 Å². The molecule has 0 spiro atoms. The van der Waals surface area contributed by atoms with Crippen molar-refractivity contribution in [2.75, 3.05) is 20.1 Å². The van der Waals surface area contributed by atoms with E-state index < -0.39 is 10.2 Å². The molecule has 2 bridgehead atoms. The minimum atomic E-state index is -3.29. The molecule has 0 aromatic carbocycles. The van der Waals surface area contributed by atoms with Crippen LogP contribution in [0.4, 0.5) is 0 Å². The molecule has 4 fully saturated rings. The quantitative estimate of drug-likeness (QED) is 0.656. The van der Waals surface area contributed by atoms with Crippen molar-refractivity contribution in [1.82, 2.24) is 14.3 Å². The summed E-state index contributed by atoms with van der Waals surface area (Å²) in [7, 11) is -1.59. The monoisotopic (exact) mass is 313 g/mol. The molecular weight excluding hydrogens is 286 g/mol. The highest BCUT2D eigenvalue weighted by Gasteiger charge is 2.65. The van der Waals surface area contributed by atoms with Crippen LogP contribution in [0.3, 0.4) is 0 Å². The van der Waals surface area contributed by atoms with Crippen LogP contribution < -0.4 is 10.0 Å². The lowest BCUT2D eigenvalue weighted by atomic mass is 10.0. The SMILES string of the molecule is CN(CCCNC1CC1)S(=O)(=O)NC1C2C3CCC(C3)C12. The van der Waals surface area contributed by atoms with Crippen molar-refractivity contribution in [2.45, 2.75) is 50.6 Å². The van der Waals surface area contributed by atoms with Gasteiger partial charge in [0.2, 0.25) is 0 Å². The third-order valence-electron chi connectivity index (χ3n) is 6.09. The van der Waals surface area contributed by atoms with Gasteiger partial charge in [0, 0.05) is 25.7 Å². The second kappa shape index (κ2) is 5.18. The normalized spacial score (nSPS) is 40.8. The molecule has 0 amide bonds. The van der Waals surface area contributed by atoms with Crippen LogP contribution in [0.5, 0.6) is 0 Å². The van der Waals surface area contributed by atoms with Crippen LogP contribution in [0.2, 0.25) is 0 Å². The van der Waals surface area contributed by atoms with E-state index in [-0.39, 0.29) is 6.04 Å². The smallest absolute Gasteiger partial charge is 0.279 e. The van der Waals surface area contributed by atoms with Gasteiger partial charge in [-0.1, -0.05) is 0 Å². The van der Waals surface area contributed by atoms with Gasteiger partial charge in [0.15, 0.2) is 0 Å². The Kier molecular flexibility index (Phi) is 3.56. The molecule has 0 aromatic heterocycles. The lowest BCUT2D eigenvalue weighted by molar-refractivity contribution is 0.430. The molecule has 2 N–H and O–H groups in total. The van der Waals surface area contributed by atoms with E-state index in [1.165, 1.54) is 36.4 Å². The average Bonchev–Trinajstić information content (AvgIpc) is 3.32.